The van der Waals surface area contributed by atoms with Crippen LogP contribution >= 0.6 is 0 Å². The first-order valence-corrected chi connectivity index (χ1v) is 8.23. The van der Waals surface area contributed by atoms with E-state index >= 15 is 0 Å². The molecule has 0 aliphatic rings. The molecule has 0 amide bonds. The van der Waals surface area contributed by atoms with Crippen molar-refractivity contribution in [3.63, 3.8) is 0 Å². The highest BCUT2D eigenvalue weighted by atomic mass is 16.5. The molecule has 27 heavy (non-hydrogen) atoms. The second-order valence-electron chi connectivity index (χ2n) is 5.90. The molecule has 0 unspecified atom stereocenters. The SMILES string of the molecule is COc1ccc(-n2nnnc2COc2ccc3c(C)cc(=O)oc3c2)cc1. The Hall–Kier alpha value is -3.68. The second kappa shape index (κ2) is 6.91. The Morgan fingerprint density at radius 3 is 2.63 bits per heavy atom. The van der Waals surface area contributed by atoms with Gasteiger partial charge >= 0.3 is 5.63 Å². The smallest absolute Gasteiger partial charge is 0.336 e. The lowest BCUT2D eigenvalue weighted by atomic mass is 10.1. The minimum absolute atomic E-state index is 0.153. The molecule has 0 spiro atoms. The largest absolute Gasteiger partial charge is 0.497 e. The third kappa shape index (κ3) is 3.37. The van der Waals surface area contributed by atoms with Crippen LogP contribution in [0.5, 0.6) is 11.5 Å². The highest BCUT2D eigenvalue weighted by Gasteiger charge is 2.10. The summed E-state index contributed by atoms with van der Waals surface area (Å²) in [5, 5.41) is 12.6. The molecule has 0 saturated carbocycles. The maximum absolute atomic E-state index is 11.6. The van der Waals surface area contributed by atoms with Crippen molar-refractivity contribution in [2.24, 2.45) is 0 Å². The lowest BCUT2D eigenvalue weighted by Crippen LogP contribution is -2.07. The zero-order chi connectivity index (χ0) is 18.8. The van der Waals surface area contributed by atoms with E-state index in [4.69, 9.17) is 13.9 Å². The average Bonchev–Trinajstić information content (AvgIpc) is 3.14. The van der Waals surface area contributed by atoms with Crippen LogP contribution in [0.4, 0.5) is 0 Å². The van der Waals surface area contributed by atoms with Gasteiger partial charge in [-0.15, -0.1) is 5.10 Å². The second-order valence-corrected chi connectivity index (χ2v) is 5.90. The van der Waals surface area contributed by atoms with Gasteiger partial charge in [0.05, 0.1) is 12.8 Å². The molecule has 4 aromatic rings. The summed E-state index contributed by atoms with van der Waals surface area (Å²) in [6, 6.07) is 14.2. The zero-order valence-corrected chi connectivity index (χ0v) is 14.7. The summed E-state index contributed by atoms with van der Waals surface area (Å²) in [5.41, 5.74) is 1.74. The Morgan fingerprint density at radius 1 is 1.07 bits per heavy atom. The summed E-state index contributed by atoms with van der Waals surface area (Å²) >= 11 is 0. The number of nitrogens with zero attached hydrogens (tertiary/aromatic N) is 4. The van der Waals surface area contributed by atoms with Crippen LogP contribution < -0.4 is 15.1 Å². The highest BCUT2D eigenvalue weighted by Crippen LogP contribution is 2.23. The van der Waals surface area contributed by atoms with E-state index in [0.29, 0.717) is 17.2 Å². The summed E-state index contributed by atoms with van der Waals surface area (Å²) in [6.45, 7) is 2.02. The number of ether oxygens (including phenoxy) is 2. The summed E-state index contributed by atoms with van der Waals surface area (Å²) in [7, 11) is 1.61. The Balaban J connectivity index is 1.56. The molecule has 0 saturated heterocycles. The quantitative estimate of drug-likeness (QED) is 0.503. The molecule has 2 heterocycles. The molecule has 136 valence electrons. The van der Waals surface area contributed by atoms with Gasteiger partial charge in [0.15, 0.2) is 5.82 Å². The van der Waals surface area contributed by atoms with Crippen LogP contribution in [0.1, 0.15) is 11.4 Å². The van der Waals surface area contributed by atoms with Gasteiger partial charge in [0.25, 0.3) is 0 Å². The topological polar surface area (TPSA) is 92.3 Å². The monoisotopic (exact) mass is 364 g/mol. The number of benzene rings is 2. The van der Waals surface area contributed by atoms with Crippen LogP contribution in [-0.2, 0) is 6.61 Å². The molecule has 0 aliphatic carbocycles. The summed E-state index contributed by atoms with van der Waals surface area (Å²) < 4.78 is 17.8. The van der Waals surface area contributed by atoms with E-state index in [1.54, 1.807) is 17.9 Å². The predicted molar refractivity (Wildman–Crippen MR) is 97.3 cm³/mol. The number of methoxy groups -OCH3 is 1. The minimum Gasteiger partial charge on any atom is -0.497 e. The first kappa shape index (κ1) is 16.8. The first-order valence-electron chi connectivity index (χ1n) is 8.23. The number of rotatable bonds is 5. The molecule has 0 radical (unpaired) electrons. The standard InChI is InChI=1S/C19H16N4O4/c1-12-9-19(24)27-17-10-15(7-8-16(12)17)26-11-18-20-21-22-23(18)13-3-5-14(25-2)6-4-13/h3-10H,11H2,1-2H3. The summed E-state index contributed by atoms with van der Waals surface area (Å²) in [4.78, 5) is 11.6. The third-order valence-corrected chi connectivity index (χ3v) is 4.14. The normalized spacial score (nSPS) is 10.9. The van der Waals surface area contributed by atoms with E-state index < -0.39 is 0 Å². The van der Waals surface area contributed by atoms with E-state index in [2.05, 4.69) is 15.5 Å². The predicted octanol–water partition coefficient (Wildman–Crippen LogP) is 2.66. The van der Waals surface area contributed by atoms with Crippen LogP contribution in [0.25, 0.3) is 16.7 Å². The number of tetrazole rings is 1. The fourth-order valence-corrected chi connectivity index (χ4v) is 2.76. The summed E-state index contributed by atoms with van der Waals surface area (Å²) in [5.74, 6) is 1.84. The molecule has 0 N–H and O–H groups in total. The maximum atomic E-state index is 11.6. The molecule has 2 aromatic heterocycles. The molecule has 8 heteroatoms. The van der Waals surface area contributed by atoms with Gasteiger partial charge in [0.2, 0.25) is 0 Å². The average molecular weight is 364 g/mol. The molecule has 0 aliphatic heterocycles. The van der Waals surface area contributed by atoms with Crippen molar-refractivity contribution < 1.29 is 13.9 Å². The van der Waals surface area contributed by atoms with E-state index in [1.165, 1.54) is 6.07 Å². The van der Waals surface area contributed by atoms with Crippen LogP contribution in [-0.4, -0.2) is 27.3 Å². The molecule has 4 rings (SSSR count). The van der Waals surface area contributed by atoms with Crippen molar-refractivity contribution in [1.82, 2.24) is 20.2 Å². The van der Waals surface area contributed by atoms with Crippen molar-refractivity contribution in [1.29, 1.82) is 0 Å². The lowest BCUT2D eigenvalue weighted by molar-refractivity contribution is 0.292. The fourth-order valence-electron chi connectivity index (χ4n) is 2.76. The third-order valence-electron chi connectivity index (χ3n) is 4.14. The van der Waals surface area contributed by atoms with Gasteiger partial charge in [-0.2, -0.15) is 4.68 Å². The molecule has 0 atom stereocenters. The van der Waals surface area contributed by atoms with Gasteiger partial charge in [-0.25, -0.2) is 4.79 Å². The van der Waals surface area contributed by atoms with E-state index in [0.717, 1.165) is 22.4 Å². The van der Waals surface area contributed by atoms with Crippen LogP contribution in [0.2, 0.25) is 0 Å². The lowest BCUT2D eigenvalue weighted by Gasteiger charge is -2.08. The summed E-state index contributed by atoms with van der Waals surface area (Å²) in [6.07, 6.45) is 0. The van der Waals surface area contributed by atoms with Crippen molar-refractivity contribution in [2.75, 3.05) is 7.11 Å². The number of aromatic nitrogens is 4. The van der Waals surface area contributed by atoms with Gasteiger partial charge in [-0.05, 0) is 59.3 Å². The fraction of sp³-hybridized carbons (Fsp3) is 0.158. The molecule has 8 nitrogen and oxygen atoms in total. The highest BCUT2D eigenvalue weighted by molar-refractivity contribution is 5.81. The number of aryl methyl sites for hydroxylation is 1. The van der Waals surface area contributed by atoms with Crippen molar-refractivity contribution in [2.45, 2.75) is 13.5 Å². The zero-order valence-electron chi connectivity index (χ0n) is 14.7. The molecular weight excluding hydrogens is 348 g/mol. The number of fused-ring (bicyclic) bond motifs is 1. The van der Waals surface area contributed by atoms with Gasteiger partial charge < -0.3 is 13.9 Å². The van der Waals surface area contributed by atoms with Crippen molar-refractivity contribution in [3.8, 4) is 17.2 Å². The maximum Gasteiger partial charge on any atom is 0.336 e. The Kier molecular flexibility index (Phi) is 4.29. The van der Waals surface area contributed by atoms with Crippen LogP contribution in [0.3, 0.4) is 0 Å². The Labute approximate surface area is 153 Å². The molecule has 0 fully saturated rings. The van der Waals surface area contributed by atoms with Crippen molar-refractivity contribution in [3.05, 3.63) is 70.3 Å². The Bertz CT molecular complexity index is 1150. The van der Waals surface area contributed by atoms with E-state index in [-0.39, 0.29) is 12.2 Å². The van der Waals surface area contributed by atoms with Crippen LogP contribution in [0, 0.1) is 6.92 Å². The van der Waals surface area contributed by atoms with E-state index in [9.17, 15) is 4.79 Å². The van der Waals surface area contributed by atoms with Gasteiger partial charge in [-0.1, -0.05) is 0 Å². The number of hydrogen-bond donors (Lipinski definition) is 0. The Morgan fingerprint density at radius 2 is 1.85 bits per heavy atom. The molecule has 2 aromatic carbocycles. The van der Waals surface area contributed by atoms with Gasteiger partial charge in [0, 0.05) is 17.5 Å². The van der Waals surface area contributed by atoms with Gasteiger partial charge in [-0.3, -0.25) is 0 Å². The van der Waals surface area contributed by atoms with Crippen molar-refractivity contribution >= 4 is 11.0 Å². The molecular formula is C19H16N4O4. The number of hydrogen-bond acceptors (Lipinski definition) is 7. The first-order chi connectivity index (χ1) is 13.1. The van der Waals surface area contributed by atoms with E-state index in [1.807, 2.05) is 43.3 Å². The molecule has 0 bridgehead atoms. The van der Waals surface area contributed by atoms with Crippen LogP contribution in [0.15, 0.2) is 57.7 Å². The van der Waals surface area contributed by atoms with Gasteiger partial charge in [0.1, 0.15) is 23.7 Å². The minimum atomic E-state index is -0.388.